The van der Waals surface area contributed by atoms with Crippen LogP contribution in [0.5, 0.6) is 0 Å². The molecule has 5 nitrogen and oxygen atoms in total. The van der Waals surface area contributed by atoms with Crippen LogP contribution in [-0.4, -0.2) is 63.9 Å². The van der Waals surface area contributed by atoms with Gasteiger partial charge < -0.3 is 19.7 Å². The van der Waals surface area contributed by atoms with Crippen molar-refractivity contribution in [3.63, 3.8) is 0 Å². The molecule has 1 heterocycles. The Morgan fingerprint density at radius 3 is 2.81 bits per heavy atom. The lowest BCUT2D eigenvalue weighted by molar-refractivity contribution is -0.138. The molecule has 0 radical (unpaired) electrons. The highest BCUT2D eigenvalue weighted by atomic mass is 16.5. The van der Waals surface area contributed by atoms with Gasteiger partial charge in [0.1, 0.15) is 6.61 Å². The third-order valence-electron chi connectivity index (χ3n) is 2.73. The zero-order valence-electron chi connectivity index (χ0n) is 10.2. The summed E-state index contributed by atoms with van der Waals surface area (Å²) in [5, 5.41) is 3.01. The molecule has 5 heteroatoms. The van der Waals surface area contributed by atoms with Crippen molar-refractivity contribution >= 4 is 5.91 Å². The van der Waals surface area contributed by atoms with E-state index in [4.69, 9.17) is 9.47 Å². The van der Waals surface area contributed by atoms with E-state index in [2.05, 4.69) is 5.32 Å². The summed E-state index contributed by atoms with van der Waals surface area (Å²) < 4.78 is 10.8. The number of nitrogens with one attached hydrogen (secondary N) is 1. The van der Waals surface area contributed by atoms with Gasteiger partial charge in [0.2, 0.25) is 5.91 Å². The van der Waals surface area contributed by atoms with Crippen LogP contribution in [0.1, 0.15) is 12.8 Å². The Morgan fingerprint density at radius 2 is 2.19 bits per heavy atom. The topological polar surface area (TPSA) is 50.8 Å². The second-order valence-electron chi connectivity index (χ2n) is 4.04. The summed E-state index contributed by atoms with van der Waals surface area (Å²) in [6.07, 6.45) is 1.98. The van der Waals surface area contributed by atoms with Crippen LogP contribution in [0, 0.1) is 0 Å². The molecule has 0 saturated carbocycles. The zero-order chi connectivity index (χ0) is 11.8. The average Bonchev–Trinajstić information content (AvgIpc) is 2.34. The van der Waals surface area contributed by atoms with Gasteiger partial charge in [-0.1, -0.05) is 0 Å². The van der Waals surface area contributed by atoms with Crippen LogP contribution in [0.3, 0.4) is 0 Å². The number of rotatable bonds is 6. The number of nitrogens with zero attached hydrogens (tertiary/aromatic N) is 1. The molecule has 0 atom stereocenters. The first-order valence-electron chi connectivity index (χ1n) is 5.82. The van der Waals surface area contributed by atoms with Crippen molar-refractivity contribution in [3.05, 3.63) is 0 Å². The average molecular weight is 230 g/mol. The highest BCUT2D eigenvalue weighted by molar-refractivity contribution is 5.77. The van der Waals surface area contributed by atoms with Crippen LogP contribution in [0.15, 0.2) is 0 Å². The van der Waals surface area contributed by atoms with Gasteiger partial charge in [0.05, 0.1) is 6.10 Å². The van der Waals surface area contributed by atoms with Gasteiger partial charge in [-0.15, -0.1) is 0 Å². The van der Waals surface area contributed by atoms with Crippen molar-refractivity contribution in [2.45, 2.75) is 18.9 Å². The van der Waals surface area contributed by atoms with E-state index >= 15 is 0 Å². The van der Waals surface area contributed by atoms with Gasteiger partial charge in [0.25, 0.3) is 0 Å². The first-order chi connectivity index (χ1) is 7.74. The molecule has 0 aromatic carbocycles. The van der Waals surface area contributed by atoms with Gasteiger partial charge >= 0.3 is 0 Å². The van der Waals surface area contributed by atoms with Gasteiger partial charge in [-0.3, -0.25) is 4.79 Å². The molecule has 0 unspecified atom stereocenters. The monoisotopic (exact) mass is 230 g/mol. The number of carbonyl (C=O) groups excluding carboxylic acids is 1. The Balaban J connectivity index is 2.12. The lowest BCUT2D eigenvalue weighted by atomic mass is 10.1. The Labute approximate surface area is 97.1 Å². The van der Waals surface area contributed by atoms with E-state index in [-0.39, 0.29) is 18.6 Å². The van der Waals surface area contributed by atoms with Crippen LogP contribution < -0.4 is 5.32 Å². The van der Waals surface area contributed by atoms with E-state index in [1.54, 1.807) is 11.9 Å². The zero-order valence-corrected chi connectivity index (χ0v) is 10.2. The van der Waals surface area contributed by atoms with Gasteiger partial charge in [-0.05, 0) is 19.9 Å². The van der Waals surface area contributed by atoms with E-state index in [9.17, 15) is 4.79 Å². The lowest BCUT2D eigenvalue weighted by Gasteiger charge is -2.23. The van der Waals surface area contributed by atoms with Crippen LogP contribution >= 0.6 is 0 Å². The normalized spacial score (nSPS) is 17.4. The highest BCUT2D eigenvalue weighted by Crippen LogP contribution is 2.10. The van der Waals surface area contributed by atoms with Crippen LogP contribution in [-0.2, 0) is 14.3 Å². The maximum atomic E-state index is 11.6. The largest absolute Gasteiger partial charge is 0.381 e. The van der Waals surface area contributed by atoms with Crippen molar-refractivity contribution in [2.75, 3.05) is 47.0 Å². The molecule has 1 rings (SSSR count). The lowest BCUT2D eigenvalue weighted by Crippen LogP contribution is -2.36. The number of hydrogen-bond donors (Lipinski definition) is 1. The van der Waals surface area contributed by atoms with Crippen molar-refractivity contribution in [3.8, 4) is 0 Å². The number of amides is 1. The molecule has 0 spiro atoms. The number of hydrogen-bond acceptors (Lipinski definition) is 4. The van der Waals surface area contributed by atoms with E-state index < -0.39 is 0 Å². The molecule has 1 N–H and O–H groups in total. The quantitative estimate of drug-likeness (QED) is 0.690. The third kappa shape index (κ3) is 4.92. The summed E-state index contributed by atoms with van der Waals surface area (Å²) in [6.45, 7) is 3.19. The first-order valence-corrected chi connectivity index (χ1v) is 5.82. The highest BCUT2D eigenvalue weighted by Gasteiger charge is 2.16. The Morgan fingerprint density at radius 1 is 1.50 bits per heavy atom. The molecule has 1 amide bonds. The van der Waals surface area contributed by atoms with E-state index in [0.717, 1.165) is 32.6 Å². The second kappa shape index (κ2) is 7.60. The molecule has 0 bridgehead atoms. The standard InChI is InChI=1S/C11H22N2O3/c1-12-5-6-13(2)11(14)9-16-10-3-7-15-8-4-10/h10,12H,3-9H2,1-2H3. The van der Waals surface area contributed by atoms with Crippen molar-refractivity contribution in [1.82, 2.24) is 10.2 Å². The first kappa shape index (κ1) is 13.4. The molecule has 1 aliphatic rings. The minimum Gasteiger partial charge on any atom is -0.381 e. The molecular weight excluding hydrogens is 208 g/mol. The second-order valence-corrected chi connectivity index (χ2v) is 4.04. The van der Waals surface area contributed by atoms with Gasteiger partial charge in [0.15, 0.2) is 0 Å². The van der Waals surface area contributed by atoms with Gasteiger partial charge in [-0.25, -0.2) is 0 Å². The van der Waals surface area contributed by atoms with E-state index in [1.807, 2.05) is 7.05 Å². The number of likely N-dealkylation sites (N-methyl/N-ethyl adjacent to an activating group) is 2. The molecule has 0 aromatic rings. The van der Waals surface area contributed by atoms with Crippen LogP contribution in [0.2, 0.25) is 0 Å². The molecule has 0 aliphatic carbocycles. The summed E-state index contributed by atoms with van der Waals surface area (Å²) in [5.41, 5.74) is 0. The van der Waals surface area contributed by atoms with Crippen LogP contribution in [0.25, 0.3) is 0 Å². The fourth-order valence-corrected chi connectivity index (χ4v) is 1.55. The maximum absolute atomic E-state index is 11.6. The molecule has 1 aliphatic heterocycles. The van der Waals surface area contributed by atoms with Crippen LogP contribution in [0.4, 0.5) is 0 Å². The van der Waals surface area contributed by atoms with E-state index in [1.165, 1.54) is 0 Å². The molecule has 1 saturated heterocycles. The van der Waals surface area contributed by atoms with Gasteiger partial charge in [0, 0.05) is 33.4 Å². The van der Waals surface area contributed by atoms with Crippen molar-refractivity contribution < 1.29 is 14.3 Å². The fourth-order valence-electron chi connectivity index (χ4n) is 1.55. The maximum Gasteiger partial charge on any atom is 0.248 e. The fraction of sp³-hybridized carbons (Fsp3) is 0.909. The Bertz CT molecular complexity index is 205. The molecule has 16 heavy (non-hydrogen) atoms. The predicted molar refractivity (Wildman–Crippen MR) is 61.4 cm³/mol. The molecule has 1 fully saturated rings. The smallest absolute Gasteiger partial charge is 0.248 e. The van der Waals surface area contributed by atoms with Gasteiger partial charge in [-0.2, -0.15) is 0 Å². The summed E-state index contributed by atoms with van der Waals surface area (Å²) >= 11 is 0. The SMILES string of the molecule is CNCCN(C)C(=O)COC1CCOCC1. The minimum absolute atomic E-state index is 0.0433. The summed E-state index contributed by atoms with van der Waals surface area (Å²) in [6, 6.07) is 0. The number of ether oxygens (including phenoxy) is 2. The predicted octanol–water partition coefficient (Wildman–Crippen LogP) is -0.140. The summed E-state index contributed by atoms with van der Waals surface area (Å²) in [4.78, 5) is 13.3. The third-order valence-corrected chi connectivity index (χ3v) is 2.73. The summed E-state index contributed by atoms with van der Waals surface area (Å²) in [7, 11) is 3.67. The van der Waals surface area contributed by atoms with Crippen molar-refractivity contribution in [2.24, 2.45) is 0 Å². The Kier molecular flexibility index (Phi) is 6.37. The minimum atomic E-state index is 0.0433. The van der Waals surface area contributed by atoms with Crippen molar-refractivity contribution in [1.29, 1.82) is 0 Å². The molecule has 0 aromatic heterocycles. The summed E-state index contributed by atoms with van der Waals surface area (Å²) in [5.74, 6) is 0.0433. The molecule has 94 valence electrons. The van der Waals surface area contributed by atoms with E-state index in [0.29, 0.717) is 6.54 Å². The Hall–Kier alpha value is -0.650. The molecular formula is C11H22N2O3. The number of carbonyl (C=O) groups is 1.